The van der Waals surface area contributed by atoms with Crippen molar-refractivity contribution >= 4 is 11.9 Å². The van der Waals surface area contributed by atoms with Crippen LogP contribution in [0, 0.1) is 5.41 Å². The maximum atomic E-state index is 12.4. The van der Waals surface area contributed by atoms with Crippen molar-refractivity contribution < 1.29 is 14.7 Å². The maximum absolute atomic E-state index is 12.4. The highest BCUT2D eigenvalue weighted by Crippen LogP contribution is 2.31. The quantitative estimate of drug-likeness (QED) is 0.863. The summed E-state index contributed by atoms with van der Waals surface area (Å²) in [6.45, 7) is 3.68. The van der Waals surface area contributed by atoms with Crippen LogP contribution >= 0.6 is 0 Å². The number of carboxylic acid groups (broad SMARTS) is 1. The van der Waals surface area contributed by atoms with Gasteiger partial charge in [0.15, 0.2) is 0 Å². The lowest BCUT2D eigenvalue weighted by atomic mass is 9.89. The van der Waals surface area contributed by atoms with Gasteiger partial charge in [0.2, 0.25) is 5.91 Å². The van der Waals surface area contributed by atoms with Gasteiger partial charge in [0.25, 0.3) is 0 Å². The van der Waals surface area contributed by atoms with Crippen molar-refractivity contribution in [3.8, 4) is 0 Å². The maximum Gasteiger partial charge on any atom is 0.309 e. The number of amides is 1. The molecule has 0 aliphatic heterocycles. The minimum absolute atomic E-state index is 0.0269. The minimum Gasteiger partial charge on any atom is -0.481 e. The molecule has 1 N–H and O–H groups in total. The van der Waals surface area contributed by atoms with Crippen LogP contribution in [0.5, 0.6) is 0 Å². The molecule has 108 valence electrons. The van der Waals surface area contributed by atoms with Crippen LogP contribution in [0.3, 0.4) is 0 Å². The molecule has 2 rings (SSSR count). The number of carboxylic acids is 1. The van der Waals surface area contributed by atoms with Gasteiger partial charge in [-0.05, 0) is 38.3 Å². The molecule has 0 radical (unpaired) electrons. The Morgan fingerprint density at radius 2 is 2.15 bits per heavy atom. The van der Waals surface area contributed by atoms with E-state index >= 15 is 0 Å². The zero-order chi connectivity index (χ0) is 14.8. The van der Waals surface area contributed by atoms with Gasteiger partial charge in [-0.25, -0.2) is 0 Å². The van der Waals surface area contributed by atoms with Crippen molar-refractivity contribution in [2.75, 3.05) is 0 Å². The van der Waals surface area contributed by atoms with Crippen molar-refractivity contribution in [3.63, 3.8) is 0 Å². The molecule has 0 spiro atoms. The van der Waals surface area contributed by atoms with E-state index in [9.17, 15) is 9.59 Å². The number of carbonyl (C=O) groups excluding carboxylic acids is 1. The molecule has 1 heterocycles. The summed E-state index contributed by atoms with van der Waals surface area (Å²) in [6.07, 6.45) is 5.46. The average molecular weight is 276 g/mol. The Hall–Kier alpha value is -1.91. The zero-order valence-electron chi connectivity index (χ0n) is 11.9. The van der Waals surface area contributed by atoms with Crippen LogP contribution in [-0.4, -0.2) is 32.9 Å². The van der Waals surface area contributed by atoms with Gasteiger partial charge in [-0.1, -0.05) is 6.07 Å². The standard InChI is InChI=1S/C15H20N2O3/c1-15(2,14(19)20)8-13(18)17(12-5-6-12)10-11-4-3-7-16-9-11/h3-4,7,9,12H,5-6,8,10H2,1-2H3,(H,19,20). The summed E-state index contributed by atoms with van der Waals surface area (Å²) in [6, 6.07) is 4.02. The van der Waals surface area contributed by atoms with Gasteiger partial charge < -0.3 is 10.0 Å². The smallest absolute Gasteiger partial charge is 0.309 e. The van der Waals surface area contributed by atoms with E-state index in [4.69, 9.17) is 5.11 Å². The van der Waals surface area contributed by atoms with Crippen molar-refractivity contribution in [2.24, 2.45) is 5.41 Å². The molecule has 0 aromatic carbocycles. The summed E-state index contributed by atoms with van der Waals surface area (Å²) in [5.74, 6) is -1.04. The largest absolute Gasteiger partial charge is 0.481 e. The monoisotopic (exact) mass is 276 g/mol. The Kier molecular flexibility index (Phi) is 4.06. The molecule has 0 saturated heterocycles. The van der Waals surface area contributed by atoms with Gasteiger partial charge in [0.05, 0.1) is 5.41 Å². The highest BCUT2D eigenvalue weighted by atomic mass is 16.4. The summed E-state index contributed by atoms with van der Waals surface area (Å²) in [7, 11) is 0. The van der Waals surface area contributed by atoms with E-state index in [1.54, 1.807) is 31.1 Å². The summed E-state index contributed by atoms with van der Waals surface area (Å²) in [5.41, 5.74) is -0.0556. The molecule has 1 aliphatic carbocycles. The lowest BCUT2D eigenvalue weighted by Crippen LogP contribution is -2.37. The second-order valence-electron chi connectivity index (χ2n) is 5.98. The van der Waals surface area contributed by atoms with E-state index in [-0.39, 0.29) is 18.4 Å². The Morgan fingerprint density at radius 1 is 1.45 bits per heavy atom. The minimum atomic E-state index is -1.03. The fraction of sp³-hybridized carbons (Fsp3) is 0.533. The van der Waals surface area contributed by atoms with Crippen molar-refractivity contribution in [3.05, 3.63) is 30.1 Å². The van der Waals surface area contributed by atoms with Gasteiger partial charge in [-0.2, -0.15) is 0 Å². The zero-order valence-corrected chi connectivity index (χ0v) is 11.9. The molecule has 1 saturated carbocycles. The number of carbonyl (C=O) groups is 2. The number of hydrogen-bond acceptors (Lipinski definition) is 3. The molecule has 0 bridgehead atoms. The molecular formula is C15H20N2O3. The SMILES string of the molecule is CC(C)(CC(=O)N(Cc1cccnc1)C1CC1)C(=O)O. The van der Waals surface area contributed by atoms with E-state index in [1.165, 1.54) is 0 Å². The molecule has 1 aliphatic rings. The van der Waals surface area contributed by atoms with E-state index < -0.39 is 11.4 Å². The summed E-state index contributed by atoms with van der Waals surface area (Å²) < 4.78 is 0. The first-order valence-electron chi connectivity index (χ1n) is 6.82. The number of pyridine rings is 1. The van der Waals surface area contributed by atoms with E-state index in [0.717, 1.165) is 18.4 Å². The first-order valence-corrected chi connectivity index (χ1v) is 6.82. The average Bonchev–Trinajstić information content (AvgIpc) is 3.20. The van der Waals surface area contributed by atoms with Gasteiger partial charge in [0.1, 0.15) is 0 Å². The van der Waals surface area contributed by atoms with Crippen LogP contribution in [0.25, 0.3) is 0 Å². The third kappa shape index (κ3) is 3.56. The second-order valence-corrected chi connectivity index (χ2v) is 5.98. The lowest BCUT2D eigenvalue weighted by Gasteiger charge is -2.26. The summed E-state index contributed by atoms with van der Waals surface area (Å²) in [4.78, 5) is 29.4. The molecule has 1 aromatic rings. The topological polar surface area (TPSA) is 70.5 Å². The predicted octanol–water partition coefficient (Wildman–Crippen LogP) is 2.07. The van der Waals surface area contributed by atoms with E-state index in [2.05, 4.69) is 4.98 Å². The number of aliphatic carboxylic acids is 1. The van der Waals surface area contributed by atoms with Crippen molar-refractivity contribution in [2.45, 2.75) is 45.7 Å². The molecular weight excluding hydrogens is 256 g/mol. The van der Waals surface area contributed by atoms with Crippen LogP contribution in [0.1, 0.15) is 38.7 Å². The van der Waals surface area contributed by atoms with Crippen LogP contribution in [0.15, 0.2) is 24.5 Å². The van der Waals surface area contributed by atoms with Crippen LogP contribution < -0.4 is 0 Å². The molecule has 1 fully saturated rings. The Balaban J connectivity index is 2.05. The molecule has 20 heavy (non-hydrogen) atoms. The Bertz CT molecular complexity index is 495. The number of hydrogen-bond donors (Lipinski definition) is 1. The number of aromatic nitrogens is 1. The van der Waals surface area contributed by atoms with Gasteiger partial charge in [-0.3, -0.25) is 14.6 Å². The van der Waals surface area contributed by atoms with Gasteiger partial charge in [0, 0.05) is 31.4 Å². The van der Waals surface area contributed by atoms with Crippen LogP contribution in [0.2, 0.25) is 0 Å². The fourth-order valence-electron chi connectivity index (χ4n) is 2.05. The third-order valence-corrected chi connectivity index (χ3v) is 3.56. The molecule has 5 nitrogen and oxygen atoms in total. The summed E-state index contributed by atoms with van der Waals surface area (Å²) in [5, 5.41) is 9.14. The number of nitrogens with zero attached hydrogens (tertiary/aromatic N) is 2. The van der Waals surface area contributed by atoms with Crippen LogP contribution in [0.4, 0.5) is 0 Å². The molecule has 5 heteroatoms. The lowest BCUT2D eigenvalue weighted by molar-refractivity contribution is -0.151. The van der Waals surface area contributed by atoms with E-state index in [0.29, 0.717) is 6.54 Å². The number of rotatable bonds is 6. The summed E-state index contributed by atoms with van der Waals surface area (Å²) >= 11 is 0. The normalized spacial score (nSPS) is 14.9. The molecule has 0 unspecified atom stereocenters. The fourth-order valence-corrected chi connectivity index (χ4v) is 2.05. The van der Waals surface area contributed by atoms with E-state index in [1.807, 2.05) is 12.1 Å². The molecule has 0 atom stereocenters. The highest BCUT2D eigenvalue weighted by Gasteiger charge is 2.37. The van der Waals surface area contributed by atoms with Gasteiger partial charge >= 0.3 is 5.97 Å². The molecule has 1 aromatic heterocycles. The molecule has 1 amide bonds. The second kappa shape index (κ2) is 5.61. The first-order chi connectivity index (χ1) is 9.40. The predicted molar refractivity (Wildman–Crippen MR) is 73.8 cm³/mol. The van der Waals surface area contributed by atoms with Crippen LogP contribution in [-0.2, 0) is 16.1 Å². The Labute approximate surface area is 118 Å². The van der Waals surface area contributed by atoms with Crippen molar-refractivity contribution in [1.82, 2.24) is 9.88 Å². The third-order valence-electron chi connectivity index (χ3n) is 3.56. The Morgan fingerprint density at radius 3 is 2.65 bits per heavy atom. The van der Waals surface area contributed by atoms with Gasteiger partial charge in [-0.15, -0.1) is 0 Å². The first kappa shape index (κ1) is 14.5. The van der Waals surface area contributed by atoms with Crippen molar-refractivity contribution in [1.29, 1.82) is 0 Å². The highest BCUT2D eigenvalue weighted by molar-refractivity contribution is 5.84.